The van der Waals surface area contributed by atoms with Gasteiger partial charge in [0.1, 0.15) is 17.7 Å². The van der Waals surface area contributed by atoms with Gasteiger partial charge in [-0.25, -0.2) is 9.59 Å². The number of alkyl carbamates (subject to hydrolysis) is 1. The van der Waals surface area contributed by atoms with Crippen molar-refractivity contribution < 1.29 is 19.1 Å². The van der Waals surface area contributed by atoms with Gasteiger partial charge in [-0.1, -0.05) is 12.1 Å². The lowest BCUT2D eigenvalue weighted by molar-refractivity contribution is -0.144. The van der Waals surface area contributed by atoms with Crippen molar-refractivity contribution in [3.63, 3.8) is 0 Å². The van der Waals surface area contributed by atoms with E-state index in [1.54, 1.807) is 51.1 Å². The maximum Gasteiger partial charge on any atom is 0.408 e. The zero-order valence-electron chi connectivity index (χ0n) is 13.8. The highest BCUT2D eigenvalue weighted by Gasteiger charge is 2.25. The van der Waals surface area contributed by atoms with Gasteiger partial charge in [-0.05, 0) is 38.5 Å². The summed E-state index contributed by atoms with van der Waals surface area (Å²) in [6, 6.07) is 9.28. The first-order valence-electron chi connectivity index (χ1n) is 7.27. The number of benzene rings is 1. The molecule has 0 fully saturated rings. The average Bonchev–Trinajstić information content (AvgIpc) is 2.50. The van der Waals surface area contributed by atoms with Gasteiger partial charge in [0.05, 0.1) is 11.6 Å². The van der Waals surface area contributed by atoms with Gasteiger partial charge in [0.2, 0.25) is 0 Å². The Balaban J connectivity index is 2.84. The highest BCUT2D eigenvalue weighted by atomic mass is 16.6. The van der Waals surface area contributed by atoms with E-state index >= 15 is 0 Å². The Bertz CT molecular complexity index is 663. The predicted octanol–water partition coefficient (Wildman–Crippen LogP) is 2.06. The second kappa shape index (κ2) is 8.54. The van der Waals surface area contributed by atoms with E-state index in [1.165, 1.54) is 0 Å². The molecule has 7 heteroatoms. The molecule has 7 nitrogen and oxygen atoms in total. The zero-order chi connectivity index (χ0) is 18.2. The molecule has 126 valence electrons. The molecule has 0 aliphatic heterocycles. The second-order valence-corrected chi connectivity index (χ2v) is 5.98. The molecular weight excluding hydrogens is 310 g/mol. The predicted molar refractivity (Wildman–Crippen MR) is 84.6 cm³/mol. The molecule has 24 heavy (non-hydrogen) atoms. The van der Waals surface area contributed by atoms with Crippen LogP contribution in [0.3, 0.4) is 0 Å². The number of amides is 1. The second-order valence-electron chi connectivity index (χ2n) is 5.98. The fraction of sp³-hybridized carbons (Fsp3) is 0.412. The van der Waals surface area contributed by atoms with E-state index in [9.17, 15) is 9.59 Å². The van der Waals surface area contributed by atoms with Crippen molar-refractivity contribution >= 4 is 12.1 Å². The minimum atomic E-state index is -0.999. The number of hydrogen-bond acceptors (Lipinski definition) is 6. The van der Waals surface area contributed by atoms with E-state index in [4.69, 9.17) is 20.0 Å². The van der Waals surface area contributed by atoms with Gasteiger partial charge < -0.3 is 14.8 Å². The molecule has 0 saturated heterocycles. The minimum absolute atomic E-state index is 0.148. The molecule has 1 N–H and O–H groups in total. The third-order valence-electron chi connectivity index (χ3n) is 2.78. The van der Waals surface area contributed by atoms with Gasteiger partial charge in [-0.2, -0.15) is 10.5 Å². The lowest BCUT2D eigenvalue weighted by Gasteiger charge is -2.22. The largest absolute Gasteiger partial charge is 0.449 e. The quantitative estimate of drug-likeness (QED) is 0.827. The first-order valence-corrected chi connectivity index (χ1v) is 7.27. The summed E-state index contributed by atoms with van der Waals surface area (Å²) in [5.41, 5.74) is 0.506. The molecular formula is C17H19N3O4. The van der Waals surface area contributed by atoms with E-state index in [0.29, 0.717) is 5.56 Å². The Hall–Kier alpha value is -3.06. The first-order chi connectivity index (χ1) is 11.2. The van der Waals surface area contributed by atoms with E-state index < -0.39 is 30.3 Å². The van der Waals surface area contributed by atoms with E-state index in [1.807, 2.05) is 6.07 Å². The fourth-order valence-corrected chi connectivity index (χ4v) is 1.80. The van der Waals surface area contributed by atoms with Gasteiger partial charge in [-0.15, -0.1) is 0 Å². The van der Waals surface area contributed by atoms with Crippen molar-refractivity contribution in [3.8, 4) is 12.1 Å². The smallest absolute Gasteiger partial charge is 0.408 e. The van der Waals surface area contributed by atoms with Crippen LogP contribution in [0.2, 0.25) is 0 Å². The monoisotopic (exact) mass is 329 g/mol. The number of carbonyl (C=O) groups excluding carboxylic acids is 2. The molecule has 1 atom stereocenters. The number of rotatable bonds is 5. The Morgan fingerprint density at radius 3 is 2.33 bits per heavy atom. The van der Waals surface area contributed by atoms with Crippen LogP contribution in [0.15, 0.2) is 24.3 Å². The van der Waals surface area contributed by atoms with Crippen molar-refractivity contribution in [3.05, 3.63) is 35.4 Å². The third kappa shape index (κ3) is 6.80. The standard InChI is InChI=1S/C17H19N3O4/c1-17(2,3)24-16(22)20-14(15(21)23-9-8-18)10-12-4-6-13(11-19)7-5-12/h4-7,14H,9-10H2,1-3H3,(H,20,22). The lowest BCUT2D eigenvalue weighted by Crippen LogP contribution is -2.45. The van der Waals surface area contributed by atoms with E-state index in [2.05, 4.69) is 5.32 Å². The summed E-state index contributed by atoms with van der Waals surface area (Å²) in [6.45, 7) is 4.71. The fourth-order valence-electron chi connectivity index (χ4n) is 1.80. The van der Waals surface area contributed by atoms with Crippen LogP contribution >= 0.6 is 0 Å². The van der Waals surface area contributed by atoms with Crippen LogP contribution in [0.25, 0.3) is 0 Å². The molecule has 0 spiro atoms. The summed E-state index contributed by atoms with van der Waals surface area (Å²) in [5.74, 6) is -0.730. The minimum Gasteiger partial charge on any atom is -0.449 e. The van der Waals surface area contributed by atoms with Crippen molar-refractivity contribution in [1.82, 2.24) is 5.32 Å². The average molecular weight is 329 g/mol. The molecule has 1 unspecified atom stereocenters. The van der Waals surface area contributed by atoms with Gasteiger partial charge in [0.25, 0.3) is 0 Å². The first kappa shape index (κ1) is 19.0. The normalized spacial score (nSPS) is 11.5. The Kier molecular flexibility index (Phi) is 6.76. The van der Waals surface area contributed by atoms with Crippen LogP contribution in [0.4, 0.5) is 4.79 Å². The Morgan fingerprint density at radius 2 is 1.83 bits per heavy atom. The number of ether oxygens (including phenoxy) is 2. The number of carbonyl (C=O) groups is 2. The van der Waals surface area contributed by atoms with Gasteiger partial charge in [0, 0.05) is 6.42 Å². The van der Waals surface area contributed by atoms with Gasteiger partial charge in [-0.3, -0.25) is 0 Å². The summed E-state index contributed by atoms with van der Waals surface area (Å²) < 4.78 is 9.91. The van der Waals surface area contributed by atoms with E-state index in [0.717, 1.165) is 5.56 Å². The Labute approximate surface area is 140 Å². The molecule has 0 aliphatic rings. The lowest BCUT2D eigenvalue weighted by atomic mass is 10.0. The van der Waals surface area contributed by atoms with Gasteiger partial charge >= 0.3 is 12.1 Å². The summed E-state index contributed by atoms with van der Waals surface area (Å²) >= 11 is 0. The number of nitriles is 2. The van der Waals surface area contributed by atoms with Crippen molar-refractivity contribution in [2.45, 2.75) is 38.8 Å². The number of nitrogens with zero attached hydrogens (tertiary/aromatic N) is 2. The molecule has 0 bridgehead atoms. The Morgan fingerprint density at radius 1 is 1.21 bits per heavy atom. The molecule has 1 amide bonds. The molecule has 1 rings (SSSR count). The van der Waals surface area contributed by atoms with Crippen molar-refractivity contribution in [2.75, 3.05) is 6.61 Å². The van der Waals surface area contributed by atoms with Crippen LogP contribution in [-0.4, -0.2) is 30.3 Å². The molecule has 0 radical (unpaired) electrons. The topological polar surface area (TPSA) is 112 Å². The zero-order valence-corrected chi connectivity index (χ0v) is 13.8. The molecule has 1 aromatic rings. The molecule has 0 aromatic heterocycles. The van der Waals surface area contributed by atoms with Crippen LogP contribution in [0.5, 0.6) is 0 Å². The van der Waals surface area contributed by atoms with Crippen molar-refractivity contribution in [2.24, 2.45) is 0 Å². The number of esters is 1. The SMILES string of the molecule is CC(C)(C)OC(=O)NC(Cc1ccc(C#N)cc1)C(=O)OCC#N. The summed E-state index contributed by atoms with van der Waals surface area (Å²) in [4.78, 5) is 23.9. The highest BCUT2D eigenvalue weighted by Crippen LogP contribution is 2.10. The van der Waals surface area contributed by atoms with Crippen LogP contribution in [0.1, 0.15) is 31.9 Å². The molecule has 0 heterocycles. The summed E-state index contributed by atoms with van der Waals surface area (Å²) in [6.07, 6.45) is -0.607. The third-order valence-corrected chi connectivity index (χ3v) is 2.78. The number of hydrogen-bond donors (Lipinski definition) is 1. The summed E-state index contributed by atoms with van der Waals surface area (Å²) in [5, 5.41) is 19.8. The maximum absolute atomic E-state index is 12.0. The van der Waals surface area contributed by atoms with Crippen LogP contribution in [-0.2, 0) is 20.7 Å². The van der Waals surface area contributed by atoms with Gasteiger partial charge in [0.15, 0.2) is 6.61 Å². The van der Waals surface area contributed by atoms with E-state index in [-0.39, 0.29) is 6.42 Å². The van der Waals surface area contributed by atoms with Crippen LogP contribution in [0, 0.1) is 22.7 Å². The maximum atomic E-state index is 12.0. The highest BCUT2D eigenvalue weighted by molar-refractivity contribution is 5.81. The molecule has 0 aliphatic carbocycles. The summed E-state index contributed by atoms with van der Waals surface area (Å²) in [7, 11) is 0. The molecule has 1 aromatic carbocycles. The van der Waals surface area contributed by atoms with Crippen molar-refractivity contribution in [1.29, 1.82) is 10.5 Å². The molecule has 0 saturated carbocycles. The van der Waals surface area contributed by atoms with Crippen LogP contribution < -0.4 is 5.32 Å². The number of nitrogens with one attached hydrogen (secondary N) is 1.